The Bertz CT molecular complexity index is 442. The van der Waals surface area contributed by atoms with Gasteiger partial charge in [0.2, 0.25) is 0 Å². The van der Waals surface area contributed by atoms with Crippen LogP contribution in [-0.4, -0.2) is 17.9 Å². The van der Waals surface area contributed by atoms with E-state index < -0.39 is 0 Å². The lowest BCUT2D eigenvalue weighted by atomic mass is 10.0. The monoisotopic (exact) mass is 410 g/mol. The summed E-state index contributed by atoms with van der Waals surface area (Å²) in [5.74, 6) is -0.0354. The molecule has 0 saturated heterocycles. The summed E-state index contributed by atoms with van der Waals surface area (Å²) in [4.78, 5) is 11.7. The first-order valence-corrected chi connectivity index (χ1v) is 11.2. The fourth-order valence-electron chi connectivity index (χ4n) is 2.88. The Kier molecular flexibility index (Phi) is 13.7. The summed E-state index contributed by atoms with van der Waals surface area (Å²) in [5, 5.41) is 1.08. The second-order valence-corrected chi connectivity index (χ2v) is 7.60. The van der Waals surface area contributed by atoms with Crippen LogP contribution in [0.5, 0.6) is 0 Å². The van der Waals surface area contributed by atoms with Crippen LogP contribution in [0.15, 0.2) is 24.3 Å². The first-order chi connectivity index (χ1) is 12.3. The Labute approximate surface area is 162 Å². The first kappa shape index (κ1) is 22.2. The smallest absolute Gasteiger partial charge is 0.305 e. The average Bonchev–Trinajstić information content (AvgIpc) is 2.63. The van der Waals surface area contributed by atoms with E-state index in [1.54, 1.807) is 0 Å². The number of ether oxygens (including phenoxy) is 1. The van der Waals surface area contributed by atoms with Crippen LogP contribution in [0.25, 0.3) is 0 Å². The van der Waals surface area contributed by atoms with E-state index in [9.17, 15) is 4.79 Å². The minimum Gasteiger partial charge on any atom is -0.466 e. The van der Waals surface area contributed by atoms with Crippen molar-refractivity contribution < 1.29 is 9.53 Å². The van der Waals surface area contributed by atoms with Gasteiger partial charge in [-0.05, 0) is 49.7 Å². The lowest BCUT2D eigenvalue weighted by Crippen LogP contribution is -2.06. The molecule has 0 amide bonds. The predicted octanol–water partition coefficient (Wildman–Crippen LogP) is 6.63. The van der Waals surface area contributed by atoms with Gasteiger partial charge in [-0.15, -0.1) is 0 Å². The van der Waals surface area contributed by atoms with Crippen LogP contribution in [0, 0.1) is 0 Å². The number of aryl methyl sites for hydroxylation is 2. The summed E-state index contributed by atoms with van der Waals surface area (Å²) in [6.45, 7) is 2.78. The second-order valence-electron chi connectivity index (χ2n) is 6.80. The van der Waals surface area contributed by atoms with Crippen molar-refractivity contribution >= 4 is 21.9 Å². The van der Waals surface area contributed by atoms with Gasteiger partial charge in [0.15, 0.2) is 0 Å². The number of halogens is 1. The van der Waals surface area contributed by atoms with E-state index in [0.717, 1.165) is 31.0 Å². The number of alkyl halides is 1. The number of carbonyl (C=O) groups is 1. The van der Waals surface area contributed by atoms with Gasteiger partial charge in [0.25, 0.3) is 0 Å². The third-order valence-electron chi connectivity index (χ3n) is 4.48. The van der Waals surface area contributed by atoms with Gasteiger partial charge in [0.05, 0.1) is 6.61 Å². The second kappa shape index (κ2) is 15.4. The highest BCUT2D eigenvalue weighted by Gasteiger charge is 2.03. The van der Waals surface area contributed by atoms with E-state index in [4.69, 9.17) is 4.74 Å². The Hall–Kier alpha value is -0.830. The maximum absolute atomic E-state index is 11.7. The van der Waals surface area contributed by atoms with Crippen LogP contribution >= 0.6 is 15.9 Å². The zero-order chi connectivity index (χ0) is 18.2. The van der Waals surface area contributed by atoms with Crippen molar-refractivity contribution in [3.05, 3.63) is 35.4 Å². The molecule has 1 aromatic carbocycles. The fraction of sp³-hybridized carbons (Fsp3) is 0.682. The summed E-state index contributed by atoms with van der Waals surface area (Å²) in [6.07, 6.45) is 13.3. The molecule has 0 bridgehead atoms. The molecule has 0 N–H and O–H groups in total. The van der Waals surface area contributed by atoms with E-state index >= 15 is 0 Å². The van der Waals surface area contributed by atoms with Crippen molar-refractivity contribution in [1.82, 2.24) is 0 Å². The molecule has 0 aliphatic rings. The zero-order valence-electron chi connectivity index (χ0n) is 15.9. The van der Waals surface area contributed by atoms with E-state index in [-0.39, 0.29) is 5.97 Å². The molecule has 0 saturated carbocycles. The van der Waals surface area contributed by atoms with Crippen molar-refractivity contribution in [2.24, 2.45) is 0 Å². The summed E-state index contributed by atoms with van der Waals surface area (Å²) >= 11 is 3.44. The normalized spacial score (nSPS) is 10.8. The number of unbranched alkanes of at least 4 members (excludes halogenated alkanes) is 6. The van der Waals surface area contributed by atoms with Gasteiger partial charge < -0.3 is 4.74 Å². The lowest BCUT2D eigenvalue weighted by molar-refractivity contribution is -0.143. The number of hydrogen-bond donors (Lipinski definition) is 0. The number of carbonyl (C=O) groups excluding carboxylic acids is 1. The standard InChI is InChI=1S/C22H35BrO2/c1-2-3-7-11-20-14-16-21(17-15-20)12-10-19-25-22(24)13-8-5-4-6-9-18-23/h14-17H,2-13,18-19H2,1H3. The lowest BCUT2D eigenvalue weighted by Gasteiger charge is -2.06. The van der Waals surface area contributed by atoms with Crippen LogP contribution in [0.4, 0.5) is 0 Å². The number of hydrogen-bond acceptors (Lipinski definition) is 2. The number of rotatable bonds is 15. The molecular formula is C22H35BrO2. The molecule has 0 radical (unpaired) electrons. The molecule has 0 fully saturated rings. The van der Waals surface area contributed by atoms with Crippen LogP contribution in [0.3, 0.4) is 0 Å². The van der Waals surface area contributed by atoms with Crippen LogP contribution in [0.2, 0.25) is 0 Å². The van der Waals surface area contributed by atoms with E-state index in [2.05, 4.69) is 47.1 Å². The van der Waals surface area contributed by atoms with Crippen molar-refractivity contribution in [3.63, 3.8) is 0 Å². The molecule has 1 aromatic rings. The van der Waals surface area contributed by atoms with Gasteiger partial charge in [-0.1, -0.05) is 79.2 Å². The SMILES string of the molecule is CCCCCc1ccc(CCCOC(=O)CCCCCCCBr)cc1. The van der Waals surface area contributed by atoms with Crippen LogP contribution in [0.1, 0.15) is 82.3 Å². The van der Waals surface area contributed by atoms with Crippen molar-refractivity contribution in [2.75, 3.05) is 11.9 Å². The summed E-state index contributed by atoms with van der Waals surface area (Å²) in [6, 6.07) is 8.92. The molecule has 0 aliphatic heterocycles. The van der Waals surface area contributed by atoms with Gasteiger partial charge in [-0.3, -0.25) is 4.79 Å². The van der Waals surface area contributed by atoms with E-state index in [0.29, 0.717) is 13.0 Å². The predicted molar refractivity (Wildman–Crippen MR) is 110 cm³/mol. The molecule has 0 aliphatic carbocycles. The highest BCUT2D eigenvalue weighted by atomic mass is 79.9. The molecule has 0 aromatic heterocycles. The van der Waals surface area contributed by atoms with Crippen molar-refractivity contribution in [3.8, 4) is 0 Å². The molecule has 0 heterocycles. The van der Waals surface area contributed by atoms with Gasteiger partial charge in [0, 0.05) is 11.8 Å². The molecule has 2 nitrogen and oxygen atoms in total. The van der Waals surface area contributed by atoms with E-state index in [1.165, 1.54) is 56.1 Å². The number of esters is 1. The van der Waals surface area contributed by atoms with Gasteiger partial charge in [-0.2, -0.15) is 0 Å². The quantitative estimate of drug-likeness (QED) is 0.184. The van der Waals surface area contributed by atoms with Gasteiger partial charge in [0.1, 0.15) is 0 Å². The van der Waals surface area contributed by atoms with Gasteiger partial charge in [-0.25, -0.2) is 0 Å². The molecule has 0 spiro atoms. The summed E-state index contributed by atoms with van der Waals surface area (Å²) < 4.78 is 5.33. The maximum Gasteiger partial charge on any atom is 0.305 e. The molecule has 1 rings (SSSR count). The topological polar surface area (TPSA) is 26.3 Å². The third kappa shape index (κ3) is 12.2. The first-order valence-electron chi connectivity index (χ1n) is 10.1. The fourth-order valence-corrected chi connectivity index (χ4v) is 3.28. The Balaban J connectivity index is 2.03. The number of benzene rings is 1. The maximum atomic E-state index is 11.7. The molecule has 25 heavy (non-hydrogen) atoms. The molecule has 3 heteroatoms. The highest BCUT2D eigenvalue weighted by Crippen LogP contribution is 2.11. The molecule has 142 valence electrons. The van der Waals surface area contributed by atoms with Crippen molar-refractivity contribution in [2.45, 2.75) is 84.0 Å². The van der Waals surface area contributed by atoms with Crippen LogP contribution < -0.4 is 0 Å². The molecule has 0 unspecified atom stereocenters. The molecular weight excluding hydrogens is 376 g/mol. The third-order valence-corrected chi connectivity index (χ3v) is 5.04. The highest BCUT2D eigenvalue weighted by molar-refractivity contribution is 9.09. The zero-order valence-corrected chi connectivity index (χ0v) is 17.5. The van der Waals surface area contributed by atoms with E-state index in [1.807, 2.05) is 0 Å². The minimum absolute atomic E-state index is 0.0354. The summed E-state index contributed by atoms with van der Waals surface area (Å²) in [7, 11) is 0. The van der Waals surface area contributed by atoms with Crippen LogP contribution in [-0.2, 0) is 22.4 Å². The minimum atomic E-state index is -0.0354. The Morgan fingerprint density at radius 2 is 1.44 bits per heavy atom. The Morgan fingerprint density at radius 1 is 0.840 bits per heavy atom. The molecule has 0 atom stereocenters. The van der Waals surface area contributed by atoms with Crippen molar-refractivity contribution in [1.29, 1.82) is 0 Å². The Morgan fingerprint density at radius 3 is 2.08 bits per heavy atom. The van der Waals surface area contributed by atoms with Gasteiger partial charge >= 0.3 is 5.97 Å². The summed E-state index contributed by atoms with van der Waals surface area (Å²) in [5.41, 5.74) is 2.77. The largest absolute Gasteiger partial charge is 0.466 e. The average molecular weight is 411 g/mol.